The van der Waals surface area contributed by atoms with E-state index in [9.17, 15) is 0 Å². The molecule has 3 rings (SSSR count). The molecule has 2 aromatic heterocycles. The van der Waals surface area contributed by atoms with Crippen molar-refractivity contribution in [1.29, 1.82) is 0 Å². The minimum atomic E-state index is 0. The van der Waals surface area contributed by atoms with E-state index >= 15 is 0 Å². The summed E-state index contributed by atoms with van der Waals surface area (Å²) in [5.41, 5.74) is 2.23. The number of pyridine rings is 1. The Labute approximate surface area is 130 Å². The molecule has 3 heterocycles. The second-order valence-electron chi connectivity index (χ2n) is 5.19. The number of piperazine rings is 1. The SMILES string of the molecule is Cc1cc(Nc2cc(C)[nH]n2)nc(N2CCNCC2)c1.Cl. The van der Waals surface area contributed by atoms with Crippen molar-refractivity contribution in [2.75, 3.05) is 36.4 Å². The molecule has 0 amide bonds. The number of hydrogen-bond donors (Lipinski definition) is 3. The lowest BCUT2D eigenvalue weighted by Crippen LogP contribution is -2.43. The molecule has 1 saturated heterocycles. The summed E-state index contributed by atoms with van der Waals surface area (Å²) in [5.74, 6) is 2.66. The first-order chi connectivity index (χ1) is 9.70. The van der Waals surface area contributed by atoms with Crippen LogP contribution in [0.4, 0.5) is 17.5 Å². The van der Waals surface area contributed by atoms with Gasteiger partial charge in [0.05, 0.1) is 0 Å². The number of hydrogen-bond acceptors (Lipinski definition) is 5. The van der Waals surface area contributed by atoms with Crippen LogP contribution < -0.4 is 15.5 Å². The molecule has 0 saturated carbocycles. The summed E-state index contributed by atoms with van der Waals surface area (Å²) in [6.07, 6.45) is 0. The summed E-state index contributed by atoms with van der Waals surface area (Å²) >= 11 is 0. The molecule has 0 bridgehead atoms. The van der Waals surface area contributed by atoms with Crippen LogP contribution in [0.3, 0.4) is 0 Å². The third-order valence-corrected chi connectivity index (χ3v) is 3.36. The van der Waals surface area contributed by atoms with Crippen molar-refractivity contribution >= 4 is 29.9 Å². The van der Waals surface area contributed by atoms with Gasteiger partial charge in [-0.3, -0.25) is 5.10 Å². The van der Waals surface area contributed by atoms with Gasteiger partial charge >= 0.3 is 0 Å². The van der Waals surface area contributed by atoms with E-state index in [1.165, 1.54) is 5.56 Å². The highest BCUT2D eigenvalue weighted by Gasteiger charge is 2.13. The van der Waals surface area contributed by atoms with Gasteiger partial charge in [-0.15, -0.1) is 12.4 Å². The Morgan fingerprint density at radius 1 is 1.10 bits per heavy atom. The molecule has 114 valence electrons. The maximum atomic E-state index is 4.69. The average molecular weight is 309 g/mol. The second kappa shape index (κ2) is 6.78. The molecule has 1 aliphatic rings. The molecule has 0 spiro atoms. The van der Waals surface area contributed by atoms with Crippen LogP contribution in [0.25, 0.3) is 0 Å². The second-order valence-corrected chi connectivity index (χ2v) is 5.19. The van der Waals surface area contributed by atoms with E-state index in [0.717, 1.165) is 49.3 Å². The summed E-state index contributed by atoms with van der Waals surface area (Å²) in [6, 6.07) is 6.14. The van der Waals surface area contributed by atoms with Gasteiger partial charge in [0.15, 0.2) is 5.82 Å². The molecule has 0 aliphatic carbocycles. The monoisotopic (exact) mass is 308 g/mol. The number of anilines is 3. The highest BCUT2D eigenvalue weighted by atomic mass is 35.5. The van der Waals surface area contributed by atoms with Crippen LogP contribution in [0.15, 0.2) is 18.2 Å². The highest BCUT2D eigenvalue weighted by Crippen LogP contribution is 2.20. The van der Waals surface area contributed by atoms with Gasteiger partial charge in [-0.05, 0) is 31.5 Å². The zero-order valence-electron chi connectivity index (χ0n) is 12.3. The fourth-order valence-corrected chi connectivity index (χ4v) is 2.38. The predicted molar refractivity (Wildman–Crippen MR) is 87.9 cm³/mol. The zero-order chi connectivity index (χ0) is 13.9. The lowest BCUT2D eigenvalue weighted by molar-refractivity contribution is 0.585. The molecular formula is C14H21ClN6. The topological polar surface area (TPSA) is 68.9 Å². The Hall–Kier alpha value is -1.79. The lowest BCUT2D eigenvalue weighted by atomic mass is 10.2. The van der Waals surface area contributed by atoms with Crippen LogP contribution in [0, 0.1) is 13.8 Å². The molecular weight excluding hydrogens is 288 g/mol. The molecule has 7 heteroatoms. The number of aromatic amines is 1. The van der Waals surface area contributed by atoms with E-state index in [-0.39, 0.29) is 12.4 Å². The smallest absolute Gasteiger partial charge is 0.153 e. The number of aromatic nitrogens is 3. The minimum absolute atomic E-state index is 0. The molecule has 2 aromatic rings. The van der Waals surface area contributed by atoms with Gasteiger partial charge in [-0.25, -0.2) is 4.98 Å². The van der Waals surface area contributed by atoms with Gasteiger partial charge in [0.1, 0.15) is 11.6 Å². The van der Waals surface area contributed by atoms with Crippen molar-refractivity contribution in [1.82, 2.24) is 20.5 Å². The summed E-state index contributed by atoms with van der Waals surface area (Å²) in [7, 11) is 0. The van der Waals surface area contributed by atoms with E-state index < -0.39 is 0 Å². The van der Waals surface area contributed by atoms with Gasteiger partial charge in [-0.2, -0.15) is 5.10 Å². The summed E-state index contributed by atoms with van der Waals surface area (Å²) in [6.45, 7) is 8.09. The number of halogens is 1. The third-order valence-electron chi connectivity index (χ3n) is 3.36. The molecule has 0 aromatic carbocycles. The first-order valence-corrected chi connectivity index (χ1v) is 6.94. The number of nitrogens with zero attached hydrogens (tertiary/aromatic N) is 3. The number of aryl methyl sites for hydroxylation is 2. The average Bonchev–Trinajstić information content (AvgIpc) is 2.84. The van der Waals surface area contributed by atoms with Crippen LogP contribution in [0.5, 0.6) is 0 Å². The fourth-order valence-electron chi connectivity index (χ4n) is 2.38. The largest absolute Gasteiger partial charge is 0.354 e. The molecule has 21 heavy (non-hydrogen) atoms. The molecule has 1 aliphatic heterocycles. The van der Waals surface area contributed by atoms with E-state index in [1.54, 1.807) is 0 Å². The van der Waals surface area contributed by atoms with Crippen molar-refractivity contribution in [3.05, 3.63) is 29.5 Å². The normalized spacial score (nSPS) is 14.7. The quantitative estimate of drug-likeness (QED) is 0.809. The maximum absolute atomic E-state index is 4.69. The Bertz CT molecular complexity index is 591. The van der Waals surface area contributed by atoms with E-state index in [2.05, 4.69) is 38.7 Å². The van der Waals surface area contributed by atoms with Crippen molar-refractivity contribution in [3.63, 3.8) is 0 Å². The minimum Gasteiger partial charge on any atom is -0.354 e. The molecule has 0 radical (unpaired) electrons. The summed E-state index contributed by atoms with van der Waals surface area (Å²) in [4.78, 5) is 7.00. The third kappa shape index (κ3) is 3.86. The standard InChI is InChI=1S/C14H20N6.ClH/c1-10-7-12(16-13-9-11(2)18-19-13)17-14(8-10)20-5-3-15-4-6-20;/h7-9,15H,3-6H2,1-2H3,(H2,16,17,18,19);1H. The highest BCUT2D eigenvalue weighted by molar-refractivity contribution is 5.85. The Morgan fingerprint density at radius 2 is 1.86 bits per heavy atom. The van der Waals surface area contributed by atoms with Crippen molar-refractivity contribution < 1.29 is 0 Å². The lowest BCUT2D eigenvalue weighted by Gasteiger charge is -2.28. The summed E-state index contributed by atoms with van der Waals surface area (Å²) in [5, 5.41) is 13.7. The van der Waals surface area contributed by atoms with Crippen molar-refractivity contribution in [3.8, 4) is 0 Å². The first-order valence-electron chi connectivity index (χ1n) is 6.94. The number of rotatable bonds is 3. The van der Waals surface area contributed by atoms with Crippen LogP contribution in [0.1, 0.15) is 11.3 Å². The van der Waals surface area contributed by atoms with Crippen molar-refractivity contribution in [2.45, 2.75) is 13.8 Å². The number of H-pyrrole nitrogens is 1. The van der Waals surface area contributed by atoms with Crippen LogP contribution in [-0.2, 0) is 0 Å². The van der Waals surface area contributed by atoms with Crippen LogP contribution in [-0.4, -0.2) is 41.4 Å². The van der Waals surface area contributed by atoms with E-state index in [1.807, 2.05) is 19.1 Å². The molecule has 0 unspecified atom stereocenters. The Kier molecular flexibility index (Phi) is 5.03. The van der Waals surface area contributed by atoms with Gasteiger partial charge in [-0.1, -0.05) is 0 Å². The maximum Gasteiger partial charge on any atom is 0.153 e. The molecule has 6 nitrogen and oxygen atoms in total. The van der Waals surface area contributed by atoms with E-state index in [0.29, 0.717) is 0 Å². The van der Waals surface area contributed by atoms with Crippen LogP contribution in [0.2, 0.25) is 0 Å². The fraction of sp³-hybridized carbons (Fsp3) is 0.429. The van der Waals surface area contributed by atoms with Crippen LogP contribution >= 0.6 is 12.4 Å². The van der Waals surface area contributed by atoms with Gasteiger partial charge in [0.25, 0.3) is 0 Å². The zero-order valence-corrected chi connectivity index (χ0v) is 13.1. The molecule has 1 fully saturated rings. The molecule has 0 atom stereocenters. The number of nitrogens with one attached hydrogen (secondary N) is 3. The Balaban J connectivity index is 0.00000161. The Morgan fingerprint density at radius 3 is 2.52 bits per heavy atom. The van der Waals surface area contributed by atoms with Gasteiger partial charge in [0.2, 0.25) is 0 Å². The van der Waals surface area contributed by atoms with E-state index in [4.69, 9.17) is 4.98 Å². The molecule has 3 N–H and O–H groups in total. The summed E-state index contributed by atoms with van der Waals surface area (Å²) < 4.78 is 0. The van der Waals surface area contributed by atoms with Crippen molar-refractivity contribution in [2.24, 2.45) is 0 Å². The predicted octanol–water partition coefficient (Wildman–Crippen LogP) is 2.00. The van der Waals surface area contributed by atoms with Gasteiger partial charge < -0.3 is 15.5 Å². The first kappa shape index (κ1) is 15.6. The van der Waals surface area contributed by atoms with Gasteiger partial charge in [0, 0.05) is 37.9 Å².